The van der Waals surface area contributed by atoms with Crippen molar-refractivity contribution in [3.63, 3.8) is 0 Å². The summed E-state index contributed by atoms with van der Waals surface area (Å²) in [5.74, 6) is -0.0818. The molecule has 1 saturated heterocycles. The fraction of sp³-hybridized carbons (Fsp3) is 0.917. The van der Waals surface area contributed by atoms with Gasteiger partial charge in [-0.25, -0.2) is 5.48 Å². The van der Waals surface area contributed by atoms with Crippen LogP contribution >= 0.6 is 0 Å². The summed E-state index contributed by atoms with van der Waals surface area (Å²) in [7, 11) is 1.60. The van der Waals surface area contributed by atoms with E-state index in [2.05, 4.69) is 24.2 Å². The Bertz CT molecular complexity index is 238. The number of hydroxylamine groups is 1. The van der Waals surface area contributed by atoms with E-state index in [1.807, 2.05) is 6.92 Å². The van der Waals surface area contributed by atoms with Crippen LogP contribution in [0, 0.1) is 0 Å². The van der Waals surface area contributed by atoms with E-state index in [4.69, 9.17) is 9.57 Å². The van der Waals surface area contributed by atoms with Crippen molar-refractivity contribution >= 4 is 5.91 Å². The van der Waals surface area contributed by atoms with Gasteiger partial charge in [-0.15, -0.1) is 0 Å². The van der Waals surface area contributed by atoms with E-state index in [9.17, 15) is 4.79 Å². The van der Waals surface area contributed by atoms with Crippen LogP contribution in [0.15, 0.2) is 0 Å². The van der Waals surface area contributed by atoms with Crippen LogP contribution in [0.2, 0.25) is 0 Å². The van der Waals surface area contributed by atoms with E-state index in [-0.39, 0.29) is 11.9 Å². The highest BCUT2D eigenvalue weighted by atomic mass is 16.7. The monoisotopic (exact) mass is 244 g/mol. The van der Waals surface area contributed by atoms with Gasteiger partial charge in [-0.2, -0.15) is 0 Å². The Balaban J connectivity index is 2.35. The van der Waals surface area contributed by atoms with E-state index < -0.39 is 0 Å². The van der Waals surface area contributed by atoms with Gasteiger partial charge in [0.2, 0.25) is 0 Å². The lowest BCUT2D eigenvalue weighted by atomic mass is 10.2. The highest BCUT2D eigenvalue weighted by molar-refractivity contribution is 5.80. The molecule has 0 aliphatic carbocycles. The third kappa shape index (κ3) is 3.94. The minimum Gasteiger partial charge on any atom is -0.382 e. The maximum atomic E-state index is 11.9. The van der Waals surface area contributed by atoms with Crippen LogP contribution in [0.4, 0.5) is 0 Å². The summed E-state index contributed by atoms with van der Waals surface area (Å²) in [5.41, 5.74) is 2.47. The van der Waals surface area contributed by atoms with Crippen LogP contribution < -0.4 is 5.48 Å². The first kappa shape index (κ1) is 14.4. The van der Waals surface area contributed by atoms with Crippen molar-refractivity contribution in [2.24, 2.45) is 0 Å². The first-order valence-corrected chi connectivity index (χ1v) is 6.26. The molecule has 5 heteroatoms. The number of nitrogens with zero attached hydrogens (tertiary/aromatic N) is 1. The second-order valence-corrected chi connectivity index (χ2v) is 4.71. The summed E-state index contributed by atoms with van der Waals surface area (Å²) in [6, 6.07) is 0.777. The smallest absolute Gasteiger partial charge is 0.260 e. The molecule has 17 heavy (non-hydrogen) atoms. The molecule has 1 fully saturated rings. The van der Waals surface area contributed by atoms with Crippen LogP contribution in [0.5, 0.6) is 0 Å². The Labute approximate surface area is 103 Å². The van der Waals surface area contributed by atoms with E-state index in [1.54, 1.807) is 7.11 Å². The molecule has 1 aliphatic heterocycles. The molecule has 5 nitrogen and oxygen atoms in total. The number of rotatable bonds is 6. The number of hydrogen-bond acceptors (Lipinski definition) is 4. The summed E-state index contributed by atoms with van der Waals surface area (Å²) in [5, 5.41) is 0. The topological polar surface area (TPSA) is 50.8 Å². The highest BCUT2D eigenvalue weighted by Crippen LogP contribution is 2.25. The lowest BCUT2D eigenvalue weighted by molar-refractivity contribution is -0.140. The maximum Gasteiger partial charge on any atom is 0.260 e. The number of likely N-dealkylation sites (tertiary alicyclic amines) is 1. The van der Waals surface area contributed by atoms with E-state index >= 15 is 0 Å². The minimum absolute atomic E-state index is 0.0818. The fourth-order valence-electron chi connectivity index (χ4n) is 2.45. The molecular weight excluding hydrogens is 220 g/mol. The number of carbonyl (C=O) groups excluding carboxylic acids is 1. The van der Waals surface area contributed by atoms with Gasteiger partial charge in [0.25, 0.3) is 5.91 Å². The quantitative estimate of drug-likeness (QED) is 0.558. The summed E-state index contributed by atoms with van der Waals surface area (Å²) < 4.78 is 4.83. The summed E-state index contributed by atoms with van der Waals surface area (Å²) >= 11 is 0. The van der Waals surface area contributed by atoms with Gasteiger partial charge in [-0.05, 0) is 33.6 Å². The van der Waals surface area contributed by atoms with Gasteiger partial charge in [0.15, 0.2) is 0 Å². The van der Waals surface area contributed by atoms with Crippen LogP contribution in [0.25, 0.3) is 0 Å². The molecule has 0 aromatic carbocycles. The zero-order chi connectivity index (χ0) is 12.8. The molecule has 100 valence electrons. The Hall–Kier alpha value is -0.650. The van der Waals surface area contributed by atoms with Gasteiger partial charge >= 0.3 is 0 Å². The van der Waals surface area contributed by atoms with Crippen LogP contribution in [0.3, 0.4) is 0 Å². The number of nitrogens with one attached hydrogen (secondary N) is 1. The number of methoxy groups -OCH3 is 1. The van der Waals surface area contributed by atoms with Crippen LogP contribution in [-0.2, 0) is 14.4 Å². The second-order valence-electron chi connectivity index (χ2n) is 4.71. The zero-order valence-corrected chi connectivity index (χ0v) is 11.2. The molecule has 1 N–H and O–H groups in total. The first-order chi connectivity index (χ1) is 8.07. The molecule has 3 atom stereocenters. The van der Waals surface area contributed by atoms with Gasteiger partial charge in [-0.1, -0.05) is 0 Å². The molecule has 3 unspecified atom stereocenters. The predicted molar refractivity (Wildman–Crippen MR) is 65.4 cm³/mol. The van der Waals surface area contributed by atoms with Crippen LogP contribution in [0.1, 0.15) is 33.6 Å². The second kappa shape index (κ2) is 6.93. The average Bonchev–Trinajstić information content (AvgIpc) is 2.63. The molecule has 1 heterocycles. The van der Waals surface area contributed by atoms with E-state index in [0.29, 0.717) is 25.3 Å². The molecule has 0 aromatic rings. The van der Waals surface area contributed by atoms with Crippen molar-refractivity contribution in [2.45, 2.75) is 51.7 Å². The average molecular weight is 244 g/mol. The summed E-state index contributed by atoms with van der Waals surface area (Å²) in [4.78, 5) is 19.1. The van der Waals surface area contributed by atoms with Crippen molar-refractivity contribution in [2.75, 3.05) is 20.3 Å². The molecule has 0 aromatic heterocycles. The molecule has 1 amide bonds. The SMILES string of the molecule is COCCONC(=O)C(C)N1C(C)CCC1C. The Kier molecular flexibility index (Phi) is 5.88. The Morgan fingerprint density at radius 2 is 1.94 bits per heavy atom. The fourth-order valence-corrected chi connectivity index (χ4v) is 2.45. The summed E-state index contributed by atoms with van der Waals surface area (Å²) in [6.07, 6.45) is 2.31. The van der Waals surface area contributed by atoms with Crippen molar-refractivity contribution in [3.05, 3.63) is 0 Å². The highest BCUT2D eigenvalue weighted by Gasteiger charge is 2.34. The zero-order valence-electron chi connectivity index (χ0n) is 11.2. The first-order valence-electron chi connectivity index (χ1n) is 6.26. The van der Waals surface area contributed by atoms with Crippen molar-refractivity contribution in [1.29, 1.82) is 0 Å². The molecule has 0 saturated carbocycles. The predicted octanol–water partition coefficient (Wildman–Crippen LogP) is 0.942. The maximum absolute atomic E-state index is 11.9. The Morgan fingerprint density at radius 1 is 1.35 bits per heavy atom. The normalized spacial score (nSPS) is 27.1. The molecule has 1 aliphatic rings. The van der Waals surface area contributed by atoms with Crippen LogP contribution in [-0.4, -0.2) is 49.3 Å². The van der Waals surface area contributed by atoms with Gasteiger partial charge in [0, 0.05) is 19.2 Å². The number of carbonyl (C=O) groups is 1. The molecule has 0 radical (unpaired) electrons. The lowest BCUT2D eigenvalue weighted by Gasteiger charge is -2.31. The van der Waals surface area contributed by atoms with E-state index in [0.717, 1.165) is 12.8 Å². The van der Waals surface area contributed by atoms with Crippen molar-refractivity contribution < 1.29 is 14.4 Å². The van der Waals surface area contributed by atoms with Crippen molar-refractivity contribution in [1.82, 2.24) is 10.4 Å². The molecular formula is C12H24N2O3. The van der Waals surface area contributed by atoms with Gasteiger partial charge < -0.3 is 4.74 Å². The van der Waals surface area contributed by atoms with Crippen molar-refractivity contribution in [3.8, 4) is 0 Å². The minimum atomic E-state index is -0.148. The largest absolute Gasteiger partial charge is 0.382 e. The van der Waals surface area contributed by atoms with Gasteiger partial charge in [0.1, 0.15) is 0 Å². The standard InChI is InChI=1S/C12H24N2O3/c1-9-5-6-10(2)14(9)11(3)12(15)13-17-8-7-16-4/h9-11H,5-8H2,1-4H3,(H,13,15). The number of amides is 1. The molecule has 1 rings (SSSR count). The number of ether oxygens (including phenoxy) is 1. The van der Waals surface area contributed by atoms with E-state index in [1.165, 1.54) is 0 Å². The Morgan fingerprint density at radius 3 is 2.47 bits per heavy atom. The van der Waals surface area contributed by atoms with Gasteiger partial charge in [0.05, 0.1) is 19.3 Å². The third-order valence-electron chi connectivity index (χ3n) is 3.41. The summed E-state index contributed by atoms with van der Waals surface area (Å²) in [6.45, 7) is 7.11. The van der Waals surface area contributed by atoms with Gasteiger partial charge in [-0.3, -0.25) is 14.5 Å². The molecule has 0 bridgehead atoms. The lowest BCUT2D eigenvalue weighted by Crippen LogP contribution is -2.49. The molecule has 0 spiro atoms. The number of hydrogen-bond donors (Lipinski definition) is 1. The third-order valence-corrected chi connectivity index (χ3v) is 3.41.